The van der Waals surface area contributed by atoms with E-state index in [1.54, 1.807) is 0 Å². The van der Waals surface area contributed by atoms with E-state index in [1.165, 1.54) is 17.5 Å². The first kappa shape index (κ1) is 19.0. The zero-order chi connectivity index (χ0) is 20.0. The Labute approximate surface area is 178 Å². The third-order valence-corrected chi connectivity index (χ3v) is 6.76. The van der Waals surface area contributed by atoms with Crippen LogP contribution in [-0.2, 0) is 0 Å². The first-order chi connectivity index (χ1) is 14.1. The number of aryl methyl sites for hydroxylation is 1. The van der Waals surface area contributed by atoms with Gasteiger partial charge in [-0.3, -0.25) is 0 Å². The number of halogens is 1. The predicted octanol–water partition coefficient (Wildman–Crippen LogP) is 5.39. The smallest absolute Gasteiger partial charge is 0.200 e. The van der Waals surface area contributed by atoms with E-state index >= 15 is 0 Å². The lowest BCUT2D eigenvalue weighted by Gasteiger charge is -2.51. The average Bonchev–Trinajstić information content (AvgIpc) is 3.18. The minimum Gasteiger partial charge on any atom is -0.466 e. The van der Waals surface area contributed by atoms with E-state index in [-0.39, 0.29) is 11.8 Å². The fourth-order valence-corrected chi connectivity index (χ4v) is 5.12. The lowest BCUT2D eigenvalue weighted by molar-refractivity contribution is -0.149. The summed E-state index contributed by atoms with van der Waals surface area (Å²) >= 11 is 6.11. The van der Waals surface area contributed by atoms with Gasteiger partial charge in [-0.05, 0) is 43.7 Å². The zero-order valence-electron chi connectivity index (χ0n) is 17.2. The molecule has 0 N–H and O–H groups in total. The molecule has 1 unspecified atom stereocenters. The SMILES string of the molecule is CCCN1CCC2(CC1)Oc1ccc(C)cc1C1CC(c3ccc(Cl)cc3)=NN12. The Balaban J connectivity index is 1.52. The third-order valence-electron chi connectivity index (χ3n) is 6.51. The van der Waals surface area contributed by atoms with Gasteiger partial charge in [0.1, 0.15) is 5.75 Å². The molecule has 3 aliphatic heterocycles. The number of rotatable bonds is 3. The molecule has 0 aliphatic carbocycles. The zero-order valence-corrected chi connectivity index (χ0v) is 18.0. The van der Waals surface area contributed by atoms with Crippen LogP contribution in [0.2, 0.25) is 5.02 Å². The molecule has 3 heterocycles. The standard InChI is InChI=1S/C24H28ClN3O/c1-3-12-27-13-10-24(11-14-27)28-22(20-15-17(2)4-9-23(20)29-24)16-21(26-28)18-5-7-19(25)8-6-18/h4-9,15,22H,3,10-14,16H2,1-2H3. The van der Waals surface area contributed by atoms with Crippen molar-refractivity contribution in [2.24, 2.45) is 5.10 Å². The highest BCUT2D eigenvalue weighted by molar-refractivity contribution is 6.30. The van der Waals surface area contributed by atoms with Crippen molar-refractivity contribution in [2.45, 2.75) is 51.3 Å². The van der Waals surface area contributed by atoms with Gasteiger partial charge in [0.05, 0.1) is 11.8 Å². The van der Waals surface area contributed by atoms with Crippen LogP contribution < -0.4 is 4.74 Å². The van der Waals surface area contributed by atoms with Crippen LogP contribution in [0.25, 0.3) is 0 Å². The molecular formula is C24H28ClN3O. The second-order valence-electron chi connectivity index (χ2n) is 8.55. The molecule has 0 bridgehead atoms. The van der Waals surface area contributed by atoms with E-state index in [9.17, 15) is 0 Å². The molecule has 0 saturated carbocycles. The van der Waals surface area contributed by atoms with Crippen molar-refractivity contribution in [3.63, 3.8) is 0 Å². The van der Waals surface area contributed by atoms with Crippen LogP contribution in [-0.4, -0.2) is 41.0 Å². The van der Waals surface area contributed by atoms with Gasteiger partial charge in [0, 0.05) is 42.9 Å². The maximum Gasteiger partial charge on any atom is 0.200 e. The number of nitrogens with zero attached hydrogens (tertiary/aromatic N) is 3. The van der Waals surface area contributed by atoms with Gasteiger partial charge in [0.2, 0.25) is 5.72 Å². The van der Waals surface area contributed by atoms with E-state index in [0.717, 1.165) is 60.9 Å². The summed E-state index contributed by atoms with van der Waals surface area (Å²) < 4.78 is 6.73. The van der Waals surface area contributed by atoms with Gasteiger partial charge >= 0.3 is 0 Å². The van der Waals surface area contributed by atoms with E-state index in [4.69, 9.17) is 21.4 Å². The average molecular weight is 410 g/mol. The molecule has 0 amide bonds. The molecule has 5 rings (SSSR count). The molecule has 152 valence electrons. The van der Waals surface area contributed by atoms with Gasteiger partial charge in [-0.1, -0.05) is 48.4 Å². The molecular weight excluding hydrogens is 382 g/mol. The molecule has 1 spiro atoms. The molecule has 5 heteroatoms. The van der Waals surface area contributed by atoms with Crippen molar-refractivity contribution in [2.75, 3.05) is 19.6 Å². The van der Waals surface area contributed by atoms with E-state index < -0.39 is 0 Å². The monoisotopic (exact) mass is 409 g/mol. The number of ether oxygens (including phenoxy) is 1. The Morgan fingerprint density at radius 2 is 1.90 bits per heavy atom. The van der Waals surface area contributed by atoms with Crippen molar-refractivity contribution in [1.82, 2.24) is 9.91 Å². The Morgan fingerprint density at radius 3 is 2.62 bits per heavy atom. The second kappa shape index (κ2) is 7.33. The van der Waals surface area contributed by atoms with E-state index in [0.29, 0.717) is 0 Å². The maximum atomic E-state index is 6.73. The molecule has 2 aromatic carbocycles. The summed E-state index contributed by atoms with van der Waals surface area (Å²) in [4.78, 5) is 2.55. The molecule has 1 atom stereocenters. The Hall–Kier alpha value is -2.04. The van der Waals surface area contributed by atoms with Crippen molar-refractivity contribution in [3.05, 3.63) is 64.2 Å². The number of piperidine rings is 1. The Bertz CT molecular complexity index is 932. The lowest BCUT2D eigenvalue weighted by atomic mass is 9.90. The first-order valence-corrected chi connectivity index (χ1v) is 11.1. The van der Waals surface area contributed by atoms with Crippen LogP contribution in [0.4, 0.5) is 0 Å². The van der Waals surface area contributed by atoms with Crippen molar-refractivity contribution in [3.8, 4) is 5.75 Å². The summed E-state index contributed by atoms with van der Waals surface area (Å²) in [6.07, 6.45) is 4.06. The molecule has 4 nitrogen and oxygen atoms in total. The van der Waals surface area contributed by atoms with E-state index in [2.05, 4.69) is 54.1 Å². The van der Waals surface area contributed by atoms with Crippen LogP contribution in [0.15, 0.2) is 47.6 Å². The topological polar surface area (TPSA) is 28.1 Å². The van der Waals surface area contributed by atoms with Crippen LogP contribution in [0.5, 0.6) is 5.75 Å². The molecule has 1 fully saturated rings. The van der Waals surface area contributed by atoms with Gasteiger partial charge in [-0.15, -0.1) is 0 Å². The van der Waals surface area contributed by atoms with E-state index in [1.807, 2.05) is 12.1 Å². The number of hydrazone groups is 1. The third kappa shape index (κ3) is 3.32. The van der Waals surface area contributed by atoms with Crippen LogP contribution in [0.3, 0.4) is 0 Å². The van der Waals surface area contributed by atoms with Crippen LogP contribution >= 0.6 is 11.6 Å². The van der Waals surface area contributed by atoms with Gasteiger partial charge in [0.25, 0.3) is 0 Å². The normalized spacial score (nSPS) is 22.8. The highest BCUT2D eigenvalue weighted by Crippen LogP contribution is 2.50. The quantitative estimate of drug-likeness (QED) is 0.679. The largest absolute Gasteiger partial charge is 0.466 e. The molecule has 3 aliphatic rings. The molecule has 29 heavy (non-hydrogen) atoms. The fraction of sp³-hybridized carbons (Fsp3) is 0.458. The minimum atomic E-state index is -0.342. The second-order valence-corrected chi connectivity index (χ2v) is 8.99. The summed E-state index contributed by atoms with van der Waals surface area (Å²) in [5.41, 5.74) is 4.46. The number of hydrogen-bond acceptors (Lipinski definition) is 4. The number of fused-ring (bicyclic) bond motifs is 4. The molecule has 1 saturated heterocycles. The van der Waals surface area contributed by atoms with Crippen molar-refractivity contribution < 1.29 is 4.74 Å². The lowest BCUT2D eigenvalue weighted by Crippen LogP contribution is -2.59. The molecule has 2 aromatic rings. The van der Waals surface area contributed by atoms with Crippen molar-refractivity contribution >= 4 is 17.3 Å². The summed E-state index contributed by atoms with van der Waals surface area (Å²) in [6, 6.07) is 14.9. The first-order valence-electron chi connectivity index (χ1n) is 10.7. The predicted molar refractivity (Wildman–Crippen MR) is 118 cm³/mol. The molecule has 0 aromatic heterocycles. The minimum absolute atomic E-state index is 0.238. The Morgan fingerprint density at radius 1 is 1.14 bits per heavy atom. The van der Waals surface area contributed by atoms with Gasteiger partial charge < -0.3 is 9.64 Å². The number of likely N-dealkylation sites (tertiary alicyclic amines) is 1. The highest BCUT2D eigenvalue weighted by atomic mass is 35.5. The molecule has 0 radical (unpaired) electrons. The summed E-state index contributed by atoms with van der Waals surface area (Å²) in [5, 5.41) is 8.20. The van der Waals surface area contributed by atoms with Gasteiger partial charge in [0.15, 0.2) is 0 Å². The van der Waals surface area contributed by atoms with Crippen molar-refractivity contribution in [1.29, 1.82) is 0 Å². The summed E-state index contributed by atoms with van der Waals surface area (Å²) in [5.74, 6) is 1.04. The number of hydrogen-bond donors (Lipinski definition) is 0. The highest BCUT2D eigenvalue weighted by Gasteiger charge is 2.51. The van der Waals surface area contributed by atoms with Crippen LogP contribution in [0, 0.1) is 6.92 Å². The Kier molecular flexibility index (Phi) is 4.79. The summed E-state index contributed by atoms with van der Waals surface area (Å²) in [6.45, 7) is 7.68. The maximum absolute atomic E-state index is 6.73. The van der Waals surface area contributed by atoms with Crippen LogP contribution in [0.1, 0.15) is 55.3 Å². The summed E-state index contributed by atoms with van der Waals surface area (Å²) in [7, 11) is 0. The van der Waals surface area contributed by atoms with Gasteiger partial charge in [-0.2, -0.15) is 5.10 Å². The number of benzene rings is 2. The van der Waals surface area contributed by atoms with Gasteiger partial charge in [-0.25, -0.2) is 5.01 Å². The fourth-order valence-electron chi connectivity index (χ4n) is 4.99.